The second kappa shape index (κ2) is 6.10. The Labute approximate surface area is 138 Å². The molecule has 23 heavy (non-hydrogen) atoms. The Balaban J connectivity index is 1.37. The predicted molar refractivity (Wildman–Crippen MR) is 86.5 cm³/mol. The molecule has 0 spiro atoms. The van der Waals surface area contributed by atoms with Gasteiger partial charge in [0.25, 0.3) is 0 Å². The van der Waals surface area contributed by atoms with Crippen LogP contribution in [0.1, 0.15) is 57.8 Å². The Morgan fingerprint density at radius 1 is 1.04 bits per heavy atom. The lowest BCUT2D eigenvalue weighted by Gasteiger charge is -2.38. The molecule has 1 heterocycles. The quantitative estimate of drug-likeness (QED) is 0.748. The molecule has 0 aromatic carbocycles. The number of hydrogen-bond donors (Lipinski definition) is 0. The van der Waals surface area contributed by atoms with Gasteiger partial charge in [0.1, 0.15) is 0 Å². The molecular formula is C19H29NO3. The van der Waals surface area contributed by atoms with Crippen LogP contribution < -0.4 is 0 Å². The number of nitrogens with zero attached hydrogens (tertiary/aromatic N) is 1. The highest BCUT2D eigenvalue weighted by molar-refractivity contribution is 5.87. The molecule has 2 bridgehead atoms. The van der Waals surface area contributed by atoms with E-state index in [1.165, 1.54) is 39.2 Å². The predicted octanol–water partition coefficient (Wildman–Crippen LogP) is 3.00. The molecule has 4 nitrogen and oxygen atoms in total. The highest BCUT2D eigenvalue weighted by atomic mass is 16.5. The number of rotatable bonds is 4. The van der Waals surface area contributed by atoms with Crippen molar-refractivity contribution in [2.45, 2.75) is 63.8 Å². The Bertz CT molecular complexity index is 491. The maximum Gasteiger partial charge on any atom is 0.309 e. The third-order valence-corrected chi connectivity index (χ3v) is 7.22. The minimum Gasteiger partial charge on any atom is -0.469 e. The zero-order valence-corrected chi connectivity index (χ0v) is 14.2. The molecule has 3 saturated carbocycles. The van der Waals surface area contributed by atoms with Crippen LogP contribution in [0.25, 0.3) is 0 Å². The molecule has 4 heteroatoms. The second-order valence-electron chi connectivity index (χ2n) is 8.31. The van der Waals surface area contributed by atoms with Crippen LogP contribution in [-0.4, -0.2) is 36.5 Å². The smallest absolute Gasteiger partial charge is 0.309 e. The zero-order chi connectivity index (χ0) is 16.0. The van der Waals surface area contributed by atoms with Crippen LogP contribution in [0.3, 0.4) is 0 Å². The lowest BCUT2D eigenvalue weighted by atomic mass is 9.72. The van der Waals surface area contributed by atoms with Gasteiger partial charge in [0.05, 0.1) is 18.9 Å². The van der Waals surface area contributed by atoms with E-state index < -0.39 is 0 Å². The average molecular weight is 319 g/mol. The van der Waals surface area contributed by atoms with E-state index in [1.54, 1.807) is 0 Å². The van der Waals surface area contributed by atoms with E-state index in [1.807, 2.05) is 0 Å². The molecule has 1 aliphatic heterocycles. The topological polar surface area (TPSA) is 46.6 Å². The number of fused-ring (bicyclic) bond motifs is 2. The Morgan fingerprint density at radius 2 is 1.87 bits per heavy atom. The molecule has 0 N–H and O–H groups in total. The number of carbonyl (C=O) groups excluding carboxylic acids is 2. The van der Waals surface area contributed by atoms with Crippen LogP contribution in [0.15, 0.2) is 0 Å². The van der Waals surface area contributed by atoms with Crippen LogP contribution in [0.2, 0.25) is 0 Å². The molecule has 4 fully saturated rings. The van der Waals surface area contributed by atoms with E-state index in [0.717, 1.165) is 50.0 Å². The van der Waals surface area contributed by atoms with E-state index in [4.69, 9.17) is 4.74 Å². The van der Waals surface area contributed by atoms with Gasteiger partial charge in [-0.05, 0) is 69.1 Å². The molecule has 0 aromatic rings. The SMILES string of the molecule is COC(=O)[C@@H]1CC[C@@H]1C(=O)N1CCC[C@@H]1C[C@@H]1C[C@H]2CC[C@H]1C2. The summed E-state index contributed by atoms with van der Waals surface area (Å²) in [4.78, 5) is 26.8. The van der Waals surface area contributed by atoms with Crippen molar-refractivity contribution in [3.05, 3.63) is 0 Å². The molecule has 4 rings (SSSR count). The summed E-state index contributed by atoms with van der Waals surface area (Å²) >= 11 is 0. The Morgan fingerprint density at radius 3 is 2.48 bits per heavy atom. The molecule has 0 aromatic heterocycles. The van der Waals surface area contributed by atoms with Gasteiger partial charge in [-0.3, -0.25) is 9.59 Å². The molecular weight excluding hydrogens is 290 g/mol. The van der Waals surface area contributed by atoms with E-state index in [-0.39, 0.29) is 23.7 Å². The monoisotopic (exact) mass is 319 g/mol. The number of esters is 1. The number of ether oxygens (including phenoxy) is 1. The number of amides is 1. The third-order valence-electron chi connectivity index (χ3n) is 7.22. The first-order valence-corrected chi connectivity index (χ1v) is 9.55. The van der Waals surface area contributed by atoms with Crippen LogP contribution in [0, 0.1) is 29.6 Å². The summed E-state index contributed by atoms with van der Waals surface area (Å²) in [6.07, 6.45) is 10.9. The first-order chi connectivity index (χ1) is 11.2. The molecule has 3 aliphatic carbocycles. The molecule has 1 saturated heterocycles. The van der Waals surface area contributed by atoms with E-state index in [0.29, 0.717) is 6.04 Å². The lowest BCUT2D eigenvalue weighted by molar-refractivity contribution is -0.159. The van der Waals surface area contributed by atoms with Gasteiger partial charge < -0.3 is 9.64 Å². The second-order valence-corrected chi connectivity index (χ2v) is 8.31. The fourth-order valence-electron chi connectivity index (χ4n) is 5.83. The fourth-order valence-corrected chi connectivity index (χ4v) is 5.83. The van der Waals surface area contributed by atoms with Crippen molar-refractivity contribution in [1.82, 2.24) is 4.90 Å². The van der Waals surface area contributed by atoms with Crippen molar-refractivity contribution in [2.24, 2.45) is 29.6 Å². The number of methoxy groups -OCH3 is 1. The highest BCUT2D eigenvalue weighted by Crippen LogP contribution is 2.51. The fraction of sp³-hybridized carbons (Fsp3) is 0.895. The maximum atomic E-state index is 12.9. The average Bonchev–Trinajstić information content (AvgIpc) is 3.22. The normalized spacial score (nSPS) is 41.9. The highest BCUT2D eigenvalue weighted by Gasteiger charge is 2.47. The summed E-state index contributed by atoms with van der Waals surface area (Å²) in [5.74, 6) is 2.51. The van der Waals surface area contributed by atoms with Gasteiger partial charge in [-0.15, -0.1) is 0 Å². The van der Waals surface area contributed by atoms with E-state index >= 15 is 0 Å². The summed E-state index contributed by atoms with van der Waals surface area (Å²) in [6.45, 7) is 0.898. The van der Waals surface area contributed by atoms with Gasteiger partial charge in [-0.25, -0.2) is 0 Å². The lowest BCUT2D eigenvalue weighted by Crippen LogP contribution is -2.48. The summed E-state index contributed by atoms with van der Waals surface area (Å²) in [5.41, 5.74) is 0. The van der Waals surface area contributed by atoms with Crippen LogP contribution in [-0.2, 0) is 14.3 Å². The van der Waals surface area contributed by atoms with Gasteiger partial charge in [0.2, 0.25) is 5.91 Å². The third kappa shape index (κ3) is 2.68. The minimum absolute atomic E-state index is 0.108. The van der Waals surface area contributed by atoms with Gasteiger partial charge >= 0.3 is 5.97 Å². The maximum absolute atomic E-state index is 12.9. The molecule has 1 amide bonds. The van der Waals surface area contributed by atoms with Crippen molar-refractivity contribution in [3.8, 4) is 0 Å². The first kappa shape index (κ1) is 15.5. The summed E-state index contributed by atoms with van der Waals surface area (Å²) in [7, 11) is 1.43. The number of likely N-dealkylation sites (tertiary alicyclic amines) is 1. The molecule has 0 unspecified atom stereocenters. The minimum atomic E-state index is -0.196. The van der Waals surface area contributed by atoms with Gasteiger partial charge in [-0.2, -0.15) is 0 Å². The first-order valence-electron chi connectivity index (χ1n) is 9.55. The van der Waals surface area contributed by atoms with Crippen molar-refractivity contribution in [1.29, 1.82) is 0 Å². The van der Waals surface area contributed by atoms with Gasteiger partial charge in [-0.1, -0.05) is 6.42 Å². The van der Waals surface area contributed by atoms with Crippen molar-refractivity contribution >= 4 is 11.9 Å². The van der Waals surface area contributed by atoms with Crippen LogP contribution in [0.5, 0.6) is 0 Å². The van der Waals surface area contributed by atoms with Crippen LogP contribution in [0.4, 0.5) is 0 Å². The Hall–Kier alpha value is -1.06. The summed E-state index contributed by atoms with van der Waals surface area (Å²) in [5, 5.41) is 0. The molecule has 0 radical (unpaired) electrons. The van der Waals surface area contributed by atoms with Crippen molar-refractivity contribution in [2.75, 3.05) is 13.7 Å². The van der Waals surface area contributed by atoms with Gasteiger partial charge in [0, 0.05) is 12.6 Å². The Kier molecular flexibility index (Phi) is 4.10. The molecule has 6 atom stereocenters. The number of carbonyl (C=O) groups is 2. The summed E-state index contributed by atoms with van der Waals surface area (Å²) in [6, 6.07) is 0.436. The van der Waals surface area contributed by atoms with Crippen molar-refractivity contribution < 1.29 is 14.3 Å². The van der Waals surface area contributed by atoms with Crippen LogP contribution >= 0.6 is 0 Å². The summed E-state index contributed by atoms with van der Waals surface area (Å²) < 4.78 is 4.86. The van der Waals surface area contributed by atoms with E-state index in [2.05, 4.69) is 4.90 Å². The number of hydrogen-bond acceptors (Lipinski definition) is 3. The van der Waals surface area contributed by atoms with Gasteiger partial charge in [0.15, 0.2) is 0 Å². The molecule has 128 valence electrons. The largest absolute Gasteiger partial charge is 0.469 e. The molecule has 4 aliphatic rings. The van der Waals surface area contributed by atoms with Crippen molar-refractivity contribution in [3.63, 3.8) is 0 Å². The zero-order valence-electron chi connectivity index (χ0n) is 14.2. The van der Waals surface area contributed by atoms with E-state index in [9.17, 15) is 9.59 Å². The standard InChI is InChI=1S/C19H29NO3/c1-23-19(22)17-7-6-16(17)18(21)20-8-2-3-15(20)11-14-10-12-4-5-13(14)9-12/h12-17H,2-11H2,1H3/t12-,13-,14-,15+,16-,17+/m0/s1.